The van der Waals surface area contributed by atoms with Crippen molar-refractivity contribution in [3.8, 4) is 11.8 Å². The minimum atomic E-state index is -0.108. The van der Waals surface area contributed by atoms with E-state index < -0.39 is 0 Å². The summed E-state index contributed by atoms with van der Waals surface area (Å²) in [5, 5.41) is 8.66. The summed E-state index contributed by atoms with van der Waals surface area (Å²) in [5.74, 6) is 7.22. The number of rotatable bonds is 3. The van der Waals surface area contributed by atoms with Crippen molar-refractivity contribution in [2.24, 2.45) is 0 Å². The maximum atomic E-state index is 8.66. The van der Waals surface area contributed by atoms with Gasteiger partial charge >= 0.3 is 0 Å². The minimum absolute atomic E-state index is 0.108. The molecule has 0 aliphatic heterocycles. The van der Waals surface area contributed by atoms with E-state index in [-0.39, 0.29) is 6.61 Å². The van der Waals surface area contributed by atoms with Crippen LogP contribution >= 0.6 is 23.3 Å². The van der Waals surface area contributed by atoms with Crippen LogP contribution in [-0.2, 0) is 5.75 Å². The molecule has 1 N–H and O–H groups in total. The van der Waals surface area contributed by atoms with Gasteiger partial charge in [0, 0.05) is 11.3 Å². The highest BCUT2D eigenvalue weighted by molar-refractivity contribution is 8.00. The monoisotopic (exact) mass is 276 g/mol. The number of nitrogens with zero attached hydrogens (tertiary/aromatic N) is 2. The topological polar surface area (TPSA) is 46.0 Å². The van der Waals surface area contributed by atoms with Crippen LogP contribution in [0.15, 0.2) is 28.6 Å². The van der Waals surface area contributed by atoms with Crippen LogP contribution < -0.4 is 0 Å². The molecule has 2 rings (SSSR count). The molecular weight excluding hydrogens is 264 g/mol. The molecule has 0 aliphatic rings. The Hall–Kier alpha value is -1.35. The van der Waals surface area contributed by atoms with E-state index in [4.69, 9.17) is 5.11 Å². The smallest absolute Gasteiger partial charge is 0.170 e. The van der Waals surface area contributed by atoms with Crippen molar-refractivity contribution < 1.29 is 5.11 Å². The Balaban J connectivity index is 2.01. The van der Waals surface area contributed by atoms with Crippen LogP contribution in [0.4, 0.5) is 0 Å². The van der Waals surface area contributed by atoms with E-state index in [0.717, 1.165) is 21.5 Å². The van der Waals surface area contributed by atoms with Gasteiger partial charge in [0.15, 0.2) is 4.34 Å². The molecule has 0 bridgehead atoms. The highest BCUT2D eigenvalue weighted by Gasteiger charge is 2.02. The van der Waals surface area contributed by atoms with Gasteiger partial charge in [-0.2, -0.15) is 4.37 Å². The Morgan fingerprint density at radius 1 is 1.44 bits per heavy atom. The van der Waals surface area contributed by atoms with Gasteiger partial charge in [-0.15, -0.1) is 0 Å². The van der Waals surface area contributed by atoms with Crippen molar-refractivity contribution in [1.82, 2.24) is 9.36 Å². The molecule has 0 saturated heterocycles. The summed E-state index contributed by atoms with van der Waals surface area (Å²) in [7, 11) is 0. The van der Waals surface area contributed by atoms with Gasteiger partial charge in [-0.1, -0.05) is 35.7 Å². The number of aliphatic hydroxyl groups excluding tert-OH is 1. The first-order chi connectivity index (χ1) is 8.78. The fourth-order valence-corrected chi connectivity index (χ4v) is 2.95. The molecule has 2 aromatic rings. The molecule has 0 amide bonds. The zero-order valence-electron chi connectivity index (χ0n) is 9.88. The van der Waals surface area contributed by atoms with Crippen molar-refractivity contribution in [3.63, 3.8) is 0 Å². The van der Waals surface area contributed by atoms with E-state index >= 15 is 0 Å². The molecule has 0 fully saturated rings. The lowest BCUT2D eigenvalue weighted by Crippen LogP contribution is -1.83. The third kappa shape index (κ3) is 3.84. The molecular formula is C13H12N2OS2. The minimum Gasteiger partial charge on any atom is -0.384 e. The lowest BCUT2D eigenvalue weighted by molar-refractivity contribution is 0.350. The number of hydrogen-bond donors (Lipinski definition) is 1. The molecule has 1 heterocycles. The predicted molar refractivity (Wildman–Crippen MR) is 74.6 cm³/mol. The second-order valence-electron chi connectivity index (χ2n) is 3.56. The van der Waals surface area contributed by atoms with Crippen LogP contribution in [0.2, 0.25) is 0 Å². The molecule has 1 aromatic carbocycles. The third-order valence-electron chi connectivity index (χ3n) is 2.11. The largest absolute Gasteiger partial charge is 0.384 e. The van der Waals surface area contributed by atoms with Crippen LogP contribution in [0.3, 0.4) is 0 Å². The van der Waals surface area contributed by atoms with Crippen molar-refractivity contribution in [3.05, 3.63) is 41.2 Å². The first kappa shape index (κ1) is 13.1. The van der Waals surface area contributed by atoms with E-state index in [9.17, 15) is 0 Å². The summed E-state index contributed by atoms with van der Waals surface area (Å²) in [4.78, 5) is 4.31. The van der Waals surface area contributed by atoms with E-state index in [1.165, 1.54) is 17.1 Å². The quantitative estimate of drug-likeness (QED) is 0.691. The van der Waals surface area contributed by atoms with Crippen molar-refractivity contribution in [2.45, 2.75) is 17.0 Å². The van der Waals surface area contributed by atoms with Gasteiger partial charge in [0.2, 0.25) is 0 Å². The number of thioether (sulfide) groups is 1. The zero-order valence-corrected chi connectivity index (χ0v) is 11.5. The van der Waals surface area contributed by atoms with Gasteiger partial charge < -0.3 is 5.11 Å². The second kappa shape index (κ2) is 6.55. The fraction of sp³-hybridized carbons (Fsp3) is 0.231. The number of hydrogen-bond acceptors (Lipinski definition) is 5. The van der Waals surface area contributed by atoms with Gasteiger partial charge in [0.05, 0.1) is 0 Å². The van der Waals surface area contributed by atoms with Crippen molar-refractivity contribution in [2.75, 3.05) is 6.61 Å². The van der Waals surface area contributed by atoms with Crippen LogP contribution in [0.25, 0.3) is 0 Å². The molecule has 0 saturated carbocycles. The number of aromatic nitrogens is 2. The lowest BCUT2D eigenvalue weighted by atomic mass is 10.1. The Morgan fingerprint density at radius 3 is 3.06 bits per heavy atom. The van der Waals surface area contributed by atoms with Gasteiger partial charge in [-0.25, -0.2) is 4.98 Å². The van der Waals surface area contributed by atoms with Crippen LogP contribution in [-0.4, -0.2) is 21.1 Å². The zero-order chi connectivity index (χ0) is 12.8. The normalized spacial score (nSPS) is 9.89. The predicted octanol–water partition coefficient (Wildman–Crippen LogP) is 2.48. The molecule has 0 atom stereocenters. The van der Waals surface area contributed by atoms with E-state index in [1.807, 2.05) is 25.1 Å². The molecule has 5 heteroatoms. The number of aryl methyl sites for hydroxylation is 1. The van der Waals surface area contributed by atoms with Gasteiger partial charge in [0.25, 0.3) is 0 Å². The molecule has 3 nitrogen and oxygen atoms in total. The van der Waals surface area contributed by atoms with Crippen LogP contribution in [0.1, 0.15) is 17.0 Å². The standard InChI is InChI=1S/C13H12N2OS2/c1-10-14-13(18-15-10)17-9-12-5-2-4-11(8-12)6-3-7-16/h2,4-5,8,16H,7,9H2,1H3. The number of benzene rings is 1. The molecule has 92 valence electrons. The SMILES string of the molecule is Cc1nsc(SCc2cccc(C#CCO)c2)n1. The third-order valence-corrected chi connectivity index (χ3v) is 4.11. The van der Waals surface area contributed by atoms with E-state index in [2.05, 4.69) is 27.3 Å². The Morgan fingerprint density at radius 2 is 2.33 bits per heavy atom. The Kier molecular flexibility index (Phi) is 4.76. The van der Waals surface area contributed by atoms with Gasteiger partial charge in [-0.05, 0) is 36.2 Å². The highest BCUT2D eigenvalue weighted by atomic mass is 32.2. The fourth-order valence-electron chi connectivity index (χ4n) is 1.36. The summed E-state index contributed by atoms with van der Waals surface area (Å²) in [6, 6.07) is 8.00. The maximum absolute atomic E-state index is 8.66. The summed E-state index contributed by atoms with van der Waals surface area (Å²) in [5.41, 5.74) is 2.12. The van der Waals surface area contributed by atoms with E-state index in [1.54, 1.807) is 11.8 Å². The molecule has 0 spiro atoms. The lowest BCUT2D eigenvalue weighted by Gasteiger charge is -1.99. The van der Waals surface area contributed by atoms with Crippen molar-refractivity contribution in [1.29, 1.82) is 0 Å². The Bertz CT molecular complexity index is 584. The first-order valence-corrected chi connectivity index (χ1v) is 7.15. The van der Waals surface area contributed by atoms with E-state index in [0.29, 0.717) is 0 Å². The molecule has 0 aliphatic carbocycles. The maximum Gasteiger partial charge on any atom is 0.170 e. The Labute approximate surface area is 114 Å². The van der Waals surface area contributed by atoms with Crippen molar-refractivity contribution >= 4 is 23.3 Å². The average Bonchev–Trinajstić information content (AvgIpc) is 2.80. The first-order valence-electron chi connectivity index (χ1n) is 5.40. The molecule has 1 aromatic heterocycles. The van der Waals surface area contributed by atoms with Crippen LogP contribution in [0, 0.1) is 18.8 Å². The average molecular weight is 276 g/mol. The molecule has 0 radical (unpaired) electrons. The highest BCUT2D eigenvalue weighted by Crippen LogP contribution is 2.24. The summed E-state index contributed by atoms with van der Waals surface area (Å²) in [6.07, 6.45) is 0. The second-order valence-corrected chi connectivity index (χ2v) is 5.53. The summed E-state index contributed by atoms with van der Waals surface area (Å²) in [6.45, 7) is 1.79. The van der Waals surface area contributed by atoms with Crippen LogP contribution in [0.5, 0.6) is 0 Å². The number of aliphatic hydroxyl groups is 1. The van der Waals surface area contributed by atoms with Gasteiger partial charge in [-0.3, -0.25) is 0 Å². The van der Waals surface area contributed by atoms with Gasteiger partial charge in [0.1, 0.15) is 12.4 Å². The summed E-state index contributed by atoms with van der Waals surface area (Å²) >= 11 is 3.10. The summed E-state index contributed by atoms with van der Waals surface area (Å²) < 4.78 is 5.13. The molecule has 18 heavy (non-hydrogen) atoms. The molecule has 0 unspecified atom stereocenters.